The number of rotatable bonds is 6. The number of benzene rings is 2. The Balaban J connectivity index is 1.58. The number of fused-ring (bicyclic) bond motifs is 1. The second-order valence-corrected chi connectivity index (χ2v) is 6.43. The van der Waals surface area contributed by atoms with E-state index in [1.807, 2.05) is 6.26 Å². The summed E-state index contributed by atoms with van der Waals surface area (Å²) in [5, 5.41) is 2.66. The second-order valence-electron chi connectivity index (χ2n) is 5.55. The lowest BCUT2D eigenvalue weighted by Crippen LogP contribution is -2.21. The fourth-order valence-corrected chi connectivity index (χ4v) is 2.92. The van der Waals surface area contributed by atoms with Gasteiger partial charge in [0.2, 0.25) is 0 Å². The first-order valence-electron chi connectivity index (χ1n) is 8.19. The zero-order valence-corrected chi connectivity index (χ0v) is 15.8. The van der Waals surface area contributed by atoms with E-state index < -0.39 is 18.5 Å². The number of nitrogens with one attached hydrogen (secondary N) is 1. The summed E-state index contributed by atoms with van der Waals surface area (Å²) in [7, 11) is 1.48. The van der Waals surface area contributed by atoms with Crippen molar-refractivity contribution in [2.75, 3.05) is 38.5 Å². The van der Waals surface area contributed by atoms with Gasteiger partial charge < -0.3 is 24.3 Å². The summed E-state index contributed by atoms with van der Waals surface area (Å²) in [6, 6.07) is 10.2. The Bertz CT molecular complexity index is 854. The SMILES string of the molecule is COc1cc(SC)ccc1C(=O)OCC(=O)Nc1ccc2c(c1)OCCO2. The van der Waals surface area contributed by atoms with Gasteiger partial charge in [-0.25, -0.2) is 4.79 Å². The van der Waals surface area contributed by atoms with Crippen molar-refractivity contribution in [2.45, 2.75) is 4.90 Å². The molecule has 8 heteroatoms. The van der Waals surface area contributed by atoms with Gasteiger partial charge in [0.15, 0.2) is 18.1 Å². The van der Waals surface area contributed by atoms with Crippen LogP contribution in [0.25, 0.3) is 0 Å². The highest BCUT2D eigenvalue weighted by Crippen LogP contribution is 2.32. The summed E-state index contributed by atoms with van der Waals surface area (Å²) in [6.07, 6.45) is 1.93. The van der Waals surface area contributed by atoms with Crippen molar-refractivity contribution in [3.63, 3.8) is 0 Å². The molecule has 1 aliphatic heterocycles. The molecule has 0 aromatic heterocycles. The Morgan fingerprint density at radius 2 is 1.89 bits per heavy atom. The number of hydrogen-bond donors (Lipinski definition) is 1. The average molecular weight is 389 g/mol. The molecule has 0 radical (unpaired) electrons. The predicted octanol–water partition coefficient (Wildman–Crippen LogP) is 2.98. The van der Waals surface area contributed by atoms with E-state index in [1.165, 1.54) is 18.9 Å². The topological polar surface area (TPSA) is 83.1 Å². The number of carbonyl (C=O) groups excluding carboxylic acids is 2. The van der Waals surface area contributed by atoms with E-state index in [2.05, 4.69) is 5.32 Å². The second kappa shape index (κ2) is 8.68. The molecule has 0 fully saturated rings. The molecule has 2 aromatic rings. The van der Waals surface area contributed by atoms with E-state index in [1.54, 1.807) is 36.4 Å². The van der Waals surface area contributed by atoms with Crippen LogP contribution in [-0.4, -0.2) is 45.1 Å². The van der Waals surface area contributed by atoms with Gasteiger partial charge in [-0.05, 0) is 36.6 Å². The van der Waals surface area contributed by atoms with Crippen LogP contribution in [0, 0.1) is 0 Å². The molecule has 0 saturated carbocycles. The summed E-state index contributed by atoms with van der Waals surface area (Å²) in [4.78, 5) is 25.3. The van der Waals surface area contributed by atoms with Crippen molar-refractivity contribution in [1.82, 2.24) is 0 Å². The van der Waals surface area contributed by atoms with Gasteiger partial charge in [-0.15, -0.1) is 11.8 Å². The van der Waals surface area contributed by atoms with Gasteiger partial charge in [0.25, 0.3) is 5.91 Å². The molecule has 27 heavy (non-hydrogen) atoms. The summed E-state index contributed by atoms with van der Waals surface area (Å²) in [5.41, 5.74) is 0.796. The van der Waals surface area contributed by atoms with Crippen molar-refractivity contribution in [2.24, 2.45) is 0 Å². The fourth-order valence-electron chi connectivity index (χ4n) is 2.49. The Labute approximate surface area is 160 Å². The normalized spacial score (nSPS) is 12.2. The van der Waals surface area contributed by atoms with Gasteiger partial charge in [-0.2, -0.15) is 0 Å². The van der Waals surface area contributed by atoms with Gasteiger partial charge in [-0.1, -0.05) is 0 Å². The number of methoxy groups -OCH3 is 1. The standard InChI is InChI=1S/C19H19NO6S/c1-23-16-10-13(27-2)4-5-14(16)19(22)26-11-18(21)20-12-3-6-15-17(9-12)25-8-7-24-15/h3-6,9-10H,7-8,11H2,1-2H3,(H,20,21). The number of ether oxygens (including phenoxy) is 4. The Morgan fingerprint density at radius 1 is 1.11 bits per heavy atom. The molecule has 7 nitrogen and oxygen atoms in total. The number of amides is 1. The summed E-state index contributed by atoms with van der Waals surface area (Å²) in [6.45, 7) is 0.538. The average Bonchev–Trinajstić information content (AvgIpc) is 2.71. The molecule has 0 saturated heterocycles. The third-order valence-corrected chi connectivity index (χ3v) is 4.51. The van der Waals surface area contributed by atoms with Gasteiger partial charge in [0, 0.05) is 16.6 Å². The lowest BCUT2D eigenvalue weighted by atomic mass is 10.2. The minimum absolute atomic E-state index is 0.266. The molecule has 1 heterocycles. The molecular formula is C19H19NO6S. The minimum atomic E-state index is -0.628. The largest absolute Gasteiger partial charge is 0.496 e. The zero-order chi connectivity index (χ0) is 19.2. The van der Waals surface area contributed by atoms with Crippen molar-refractivity contribution >= 4 is 29.3 Å². The molecule has 3 rings (SSSR count). The molecule has 0 unspecified atom stereocenters. The van der Waals surface area contributed by atoms with Gasteiger partial charge in [0.05, 0.1) is 7.11 Å². The van der Waals surface area contributed by atoms with Crippen LogP contribution >= 0.6 is 11.8 Å². The first-order chi connectivity index (χ1) is 13.1. The van der Waals surface area contributed by atoms with Crippen LogP contribution in [0.4, 0.5) is 5.69 Å². The third kappa shape index (κ3) is 4.65. The van der Waals surface area contributed by atoms with Crippen LogP contribution in [0.3, 0.4) is 0 Å². The highest BCUT2D eigenvalue weighted by molar-refractivity contribution is 7.98. The van der Waals surface area contributed by atoms with E-state index in [0.29, 0.717) is 36.1 Å². The molecular weight excluding hydrogens is 370 g/mol. The number of thioether (sulfide) groups is 1. The molecule has 1 aliphatic rings. The van der Waals surface area contributed by atoms with Gasteiger partial charge in [-0.3, -0.25) is 4.79 Å². The van der Waals surface area contributed by atoms with Crippen LogP contribution < -0.4 is 19.5 Å². The zero-order valence-electron chi connectivity index (χ0n) is 14.9. The smallest absolute Gasteiger partial charge is 0.342 e. The van der Waals surface area contributed by atoms with Crippen LogP contribution in [0.15, 0.2) is 41.3 Å². The third-order valence-electron chi connectivity index (χ3n) is 3.79. The summed E-state index contributed by atoms with van der Waals surface area (Å²) < 4.78 is 21.2. The Hall–Kier alpha value is -2.87. The predicted molar refractivity (Wildman–Crippen MR) is 101 cm³/mol. The minimum Gasteiger partial charge on any atom is -0.496 e. The lowest BCUT2D eigenvalue weighted by molar-refractivity contribution is -0.119. The molecule has 0 spiro atoms. The quantitative estimate of drug-likeness (QED) is 0.601. The van der Waals surface area contributed by atoms with Gasteiger partial charge in [0.1, 0.15) is 24.5 Å². The number of esters is 1. The maximum atomic E-state index is 12.2. The Morgan fingerprint density at radius 3 is 2.63 bits per heavy atom. The number of anilines is 1. The van der Waals surface area contributed by atoms with Crippen molar-refractivity contribution in [3.8, 4) is 17.2 Å². The summed E-state index contributed by atoms with van der Waals surface area (Å²) >= 11 is 1.53. The molecule has 1 amide bonds. The van der Waals surface area contributed by atoms with E-state index in [4.69, 9.17) is 18.9 Å². The molecule has 0 aliphatic carbocycles. The molecule has 0 atom stereocenters. The van der Waals surface area contributed by atoms with Crippen LogP contribution in [-0.2, 0) is 9.53 Å². The number of hydrogen-bond acceptors (Lipinski definition) is 7. The van der Waals surface area contributed by atoms with Crippen molar-refractivity contribution in [3.05, 3.63) is 42.0 Å². The monoisotopic (exact) mass is 389 g/mol. The van der Waals surface area contributed by atoms with Gasteiger partial charge >= 0.3 is 5.97 Å². The molecule has 2 aromatic carbocycles. The first kappa shape index (κ1) is 18.9. The molecule has 0 bridgehead atoms. The molecule has 1 N–H and O–H groups in total. The maximum absolute atomic E-state index is 12.2. The Kier molecular flexibility index (Phi) is 6.08. The van der Waals surface area contributed by atoms with Crippen LogP contribution in [0.1, 0.15) is 10.4 Å². The van der Waals surface area contributed by atoms with E-state index >= 15 is 0 Å². The van der Waals surface area contributed by atoms with Crippen LogP contribution in [0.2, 0.25) is 0 Å². The van der Waals surface area contributed by atoms with Crippen LogP contribution in [0.5, 0.6) is 17.2 Å². The summed E-state index contributed by atoms with van der Waals surface area (Å²) in [5.74, 6) is 0.511. The van der Waals surface area contributed by atoms with Crippen molar-refractivity contribution in [1.29, 1.82) is 0 Å². The van der Waals surface area contributed by atoms with E-state index in [-0.39, 0.29) is 5.56 Å². The highest BCUT2D eigenvalue weighted by atomic mass is 32.2. The van der Waals surface area contributed by atoms with Crippen molar-refractivity contribution < 1.29 is 28.5 Å². The van der Waals surface area contributed by atoms with E-state index in [0.717, 1.165) is 4.90 Å². The van der Waals surface area contributed by atoms with E-state index in [9.17, 15) is 9.59 Å². The number of carbonyl (C=O) groups is 2. The molecule has 142 valence electrons. The fraction of sp³-hybridized carbons (Fsp3) is 0.263. The first-order valence-corrected chi connectivity index (χ1v) is 9.42. The lowest BCUT2D eigenvalue weighted by Gasteiger charge is -2.19. The maximum Gasteiger partial charge on any atom is 0.342 e. The highest BCUT2D eigenvalue weighted by Gasteiger charge is 2.17.